The minimum atomic E-state index is -3.74. The van der Waals surface area contributed by atoms with Crippen molar-refractivity contribution in [2.45, 2.75) is 24.8 Å². The number of hydrogen-bond acceptors (Lipinski definition) is 5. The van der Waals surface area contributed by atoms with Crippen LogP contribution < -0.4 is 9.60 Å². The molecule has 0 aliphatic heterocycles. The number of benzene rings is 1. The molecule has 6 nitrogen and oxygen atoms in total. The standard InChI is InChI=1S/C15H15N3O3S2/c1-2-9-18-12-7-6-11(10-13(12)22-15(18)19)23(20,21)17-14-5-3-4-8-16-14/h3-8,10H,2,9H2,1H3,(H,16,17). The van der Waals surface area contributed by atoms with Crippen LogP contribution in [0.2, 0.25) is 0 Å². The maximum Gasteiger partial charge on any atom is 0.308 e. The second-order valence-corrected chi connectivity index (χ2v) is 7.65. The first kappa shape index (κ1) is 15.7. The number of aromatic nitrogens is 2. The van der Waals surface area contributed by atoms with Gasteiger partial charge in [0, 0.05) is 12.7 Å². The van der Waals surface area contributed by atoms with Crippen LogP contribution in [0, 0.1) is 0 Å². The molecule has 0 unspecified atom stereocenters. The Bertz CT molecular complexity index is 992. The molecule has 0 radical (unpaired) electrons. The molecule has 0 amide bonds. The molecule has 3 aromatic rings. The Hall–Kier alpha value is -2.19. The average molecular weight is 349 g/mol. The van der Waals surface area contributed by atoms with E-state index in [2.05, 4.69) is 9.71 Å². The lowest BCUT2D eigenvalue weighted by Gasteiger charge is -2.07. The second kappa shape index (κ2) is 6.13. The van der Waals surface area contributed by atoms with E-state index in [0.29, 0.717) is 11.2 Å². The summed E-state index contributed by atoms with van der Waals surface area (Å²) in [6.07, 6.45) is 2.35. The van der Waals surface area contributed by atoms with Gasteiger partial charge in [-0.05, 0) is 36.8 Å². The van der Waals surface area contributed by atoms with Crippen molar-refractivity contribution in [3.63, 3.8) is 0 Å². The quantitative estimate of drug-likeness (QED) is 0.768. The van der Waals surface area contributed by atoms with Gasteiger partial charge in [0.05, 0.1) is 15.1 Å². The Labute approximate surface area is 137 Å². The lowest BCUT2D eigenvalue weighted by Crippen LogP contribution is -2.14. The van der Waals surface area contributed by atoms with E-state index in [4.69, 9.17) is 0 Å². The predicted molar refractivity (Wildman–Crippen MR) is 91.4 cm³/mol. The van der Waals surface area contributed by atoms with Crippen LogP contribution in [0.1, 0.15) is 13.3 Å². The van der Waals surface area contributed by atoms with Crippen LogP contribution in [0.3, 0.4) is 0 Å². The van der Waals surface area contributed by atoms with Gasteiger partial charge in [0.2, 0.25) is 0 Å². The smallest absolute Gasteiger partial charge is 0.299 e. The summed E-state index contributed by atoms with van der Waals surface area (Å²) in [6.45, 7) is 2.61. The first-order chi connectivity index (χ1) is 11.0. The number of fused-ring (bicyclic) bond motifs is 1. The molecular weight excluding hydrogens is 334 g/mol. The topological polar surface area (TPSA) is 81.1 Å². The molecule has 0 bridgehead atoms. The van der Waals surface area contributed by atoms with E-state index >= 15 is 0 Å². The molecule has 8 heteroatoms. The third kappa shape index (κ3) is 3.13. The summed E-state index contributed by atoms with van der Waals surface area (Å²) < 4.78 is 29.6. The Morgan fingerprint density at radius 2 is 2.09 bits per heavy atom. The summed E-state index contributed by atoms with van der Waals surface area (Å²) in [5.74, 6) is 0.254. The molecule has 1 aromatic carbocycles. The largest absolute Gasteiger partial charge is 0.308 e. The van der Waals surface area contributed by atoms with Gasteiger partial charge in [0.25, 0.3) is 10.0 Å². The monoisotopic (exact) mass is 349 g/mol. The second-order valence-electron chi connectivity index (χ2n) is 4.97. The zero-order valence-corrected chi connectivity index (χ0v) is 14.0. The summed E-state index contributed by atoms with van der Waals surface area (Å²) >= 11 is 1.05. The fraction of sp³-hybridized carbons (Fsp3) is 0.200. The highest BCUT2D eigenvalue weighted by Crippen LogP contribution is 2.23. The number of nitrogens with one attached hydrogen (secondary N) is 1. The van der Waals surface area contributed by atoms with E-state index in [-0.39, 0.29) is 15.6 Å². The number of hydrogen-bond donors (Lipinski definition) is 1. The molecule has 0 saturated carbocycles. The zero-order chi connectivity index (χ0) is 16.4. The Kier molecular flexibility index (Phi) is 4.18. The molecule has 0 spiro atoms. The number of pyridine rings is 1. The normalized spacial score (nSPS) is 11.7. The van der Waals surface area contributed by atoms with Gasteiger partial charge in [-0.1, -0.05) is 24.3 Å². The van der Waals surface area contributed by atoms with Crippen molar-refractivity contribution in [3.05, 3.63) is 52.3 Å². The first-order valence-electron chi connectivity index (χ1n) is 7.08. The molecule has 1 N–H and O–H groups in total. The number of nitrogens with zero attached hydrogens (tertiary/aromatic N) is 2. The maximum absolute atomic E-state index is 12.4. The van der Waals surface area contributed by atoms with Crippen molar-refractivity contribution in [2.75, 3.05) is 4.72 Å². The number of rotatable bonds is 5. The van der Waals surface area contributed by atoms with Gasteiger partial charge in [0.1, 0.15) is 5.82 Å². The van der Waals surface area contributed by atoms with Crippen LogP contribution in [0.5, 0.6) is 0 Å². The van der Waals surface area contributed by atoms with Crippen molar-refractivity contribution in [3.8, 4) is 0 Å². The lowest BCUT2D eigenvalue weighted by molar-refractivity contribution is 0.601. The van der Waals surface area contributed by atoms with Crippen molar-refractivity contribution in [1.29, 1.82) is 0 Å². The van der Waals surface area contributed by atoms with Crippen LogP contribution >= 0.6 is 11.3 Å². The van der Waals surface area contributed by atoms with E-state index in [9.17, 15) is 13.2 Å². The minimum Gasteiger partial charge on any atom is -0.299 e. The van der Waals surface area contributed by atoms with Gasteiger partial charge >= 0.3 is 4.87 Å². The third-order valence-electron chi connectivity index (χ3n) is 3.30. The van der Waals surface area contributed by atoms with Gasteiger partial charge in [0.15, 0.2) is 0 Å². The average Bonchev–Trinajstić information content (AvgIpc) is 2.83. The number of thiazole rings is 1. The van der Waals surface area contributed by atoms with E-state index in [1.165, 1.54) is 18.3 Å². The molecule has 0 aliphatic carbocycles. The van der Waals surface area contributed by atoms with E-state index in [1.807, 2.05) is 6.92 Å². The third-order valence-corrected chi connectivity index (χ3v) is 5.60. The fourth-order valence-electron chi connectivity index (χ4n) is 2.27. The van der Waals surface area contributed by atoms with E-state index in [0.717, 1.165) is 23.3 Å². The molecular formula is C15H15N3O3S2. The highest BCUT2D eigenvalue weighted by atomic mass is 32.2. The fourth-order valence-corrected chi connectivity index (χ4v) is 4.33. The lowest BCUT2D eigenvalue weighted by atomic mass is 10.3. The van der Waals surface area contributed by atoms with Crippen LogP contribution in [-0.2, 0) is 16.6 Å². The molecule has 2 heterocycles. The van der Waals surface area contributed by atoms with Crippen LogP contribution in [-0.4, -0.2) is 18.0 Å². The summed E-state index contributed by atoms with van der Waals surface area (Å²) in [5.41, 5.74) is 0.763. The molecule has 0 aliphatic rings. The molecule has 3 rings (SSSR count). The van der Waals surface area contributed by atoms with Gasteiger partial charge < -0.3 is 0 Å². The van der Waals surface area contributed by atoms with E-state index < -0.39 is 10.0 Å². The SMILES string of the molecule is CCCn1c(=O)sc2cc(S(=O)(=O)Nc3ccccn3)ccc21. The van der Waals surface area contributed by atoms with Crippen LogP contribution in [0.15, 0.2) is 52.3 Å². The van der Waals surface area contributed by atoms with Crippen molar-refractivity contribution in [1.82, 2.24) is 9.55 Å². The highest BCUT2D eigenvalue weighted by Gasteiger charge is 2.17. The van der Waals surface area contributed by atoms with Gasteiger partial charge in [-0.3, -0.25) is 14.1 Å². The van der Waals surface area contributed by atoms with Gasteiger partial charge in [-0.15, -0.1) is 0 Å². The zero-order valence-electron chi connectivity index (χ0n) is 12.4. The van der Waals surface area contributed by atoms with Crippen LogP contribution in [0.25, 0.3) is 10.2 Å². The first-order valence-corrected chi connectivity index (χ1v) is 9.38. The highest BCUT2D eigenvalue weighted by molar-refractivity contribution is 7.92. The molecule has 23 heavy (non-hydrogen) atoms. The number of sulfonamides is 1. The summed E-state index contributed by atoms with van der Waals surface area (Å²) in [4.78, 5) is 16.0. The Morgan fingerprint density at radius 3 is 2.78 bits per heavy atom. The summed E-state index contributed by atoms with van der Waals surface area (Å²) in [5, 5.41) is 0. The van der Waals surface area contributed by atoms with Gasteiger partial charge in [-0.2, -0.15) is 0 Å². The van der Waals surface area contributed by atoms with Crippen LogP contribution in [0.4, 0.5) is 5.82 Å². The van der Waals surface area contributed by atoms with E-state index in [1.54, 1.807) is 28.8 Å². The van der Waals surface area contributed by atoms with Gasteiger partial charge in [-0.25, -0.2) is 13.4 Å². The molecule has 2 aromatic heterocycles. The molecule has 0 saturated heterocycles. The summed E-state index contributed by atoms with van der Waals surface area (Å²) in [7, 11) is -3.74. The number of anilines is 1. The van der Waals surface area contributed by atoms with Crippen molar-refractivity contribution < 1.29 is 8.42 Å². The molecule has 0 fully saturated rings. The summed E-state index contributed by atoms with van der Waals surface area (Å²) in [6, 6.07) is 9.69. The Morgan fingerprint density at radius 1 is 1.26 bits per heavy atom. The molecule has 120 valence electrons. The number of aryl methyl sites for hydroxylation is 1. The maximum atomic E-state index is 12.4. The predicted octanol–water partition coefficient (Wildman–Crippen LogP) is 2.67. The Balaban J connectivity index is 2.01. The van der Waals surface area contributed by atoms with Crippen molar-refractivity contribution in [2.24, 2.45) is 0 Å². The van der Waals surface area contributed by atoms with Crippen molar-refractivity contribution >= 4 is 37.4 Å². The minimum absolute atomic E-state index is 0.0749. The molecule has 0 atom stereocenters.